The summed E-state index contributed by atoms with van der Waals surface area (Å²) in [6.07, 6.45) is 1.53. The number of amides is 1. The smallest absolute Gasteiger partial charge is 0.272 e. The van der Waals surface area contributed by atoms with Gasteiger partial charge in [-0.15, -0.1) is 0 Å². The molecule has 0 aliphatic rings. The molecule has 14 heavy (non-hydrogen) atoms. The van der Waals surface area contributed by atoms with E-state index in [1.54, 1.807) is 24.1 Å². The van der Waals surface area contributed by atoms with Gasteiger partial charge in [0.05, 0.1) is 0 Å². The number of hydrogen-bond donors (Lipinski definition) is 0. The molecule has 1 heterocycles. The monoisotopic (exact) mass is 212 g/mol. The molecule has 1 amide bonds. The summed E-state index contributed by atoms with van der Waals surface area (Å²) >= 11 is 5.76. The molecule has 0 atom stereocenters. The molecular weight excluding hydrogens is 200 g/mol. The highest BCUT2D eigenvalue weighted by Gasteiger charge is 2.15. The highest BCUT2D eigenvalue weighted by Crippen LogP contribution is 2.10. The van der Waals surface area contributed by atoms with E-state index in [-0.39, 0.29) is 11.9 Å². The van der Waals surface area contributed by atoms with Crippen molar-refractivity contribution >= 4 is 17.5 Å². The molecule has 0 saturated heterocycles. The van der Waals surface area contributed by atoms with Gasteiger partial charge in [-0.3, -0.25) is 9.78 Å². The molecule has 0 fully saturated rings. The maximum Gasteiger partial charge on any atom is 0.272 e. The molecule has 0 aromatic carbocycles. The molecule has 1 aromatic heterocycles. The van der Waals surface area contributed by atoms with Crippen LogP contribution in [-0.4, -0.2) is 28.9 Å². The van der Waals surface area contributed by atoms with Crippen molar-refractivity contribution in [2.75, 3.05) is 7.05 Å². The third-order valence-electron chi connectivity index (χ3n) is 2.04. The van der Waals surface area contributed by atoms with E-state index < -0.39 is 0 Å². The topological polar surface area (TPSA) is 33.2 Å². The van der Waals surface area contributed by atoms with Crippen LogP contribution in [0.1, 0.15) is 24.3 Å². The molecule has 0 bridgehead atoms. The fraction of sp³-hybridized carbons (Fsp3) is 0.400. The van der Waals surface area contributed by atoms with Crippen molar-refractivity contribution in [1.82, 2.24) is 9.88 Å². The van der Waals surface area contributed by atoms with Crippen molar-refractivity contribution in [1.29, 1.82) is 0 Å². The Kier molecular flexibility index (Phi) is 3.47. The molecule has 0 radical (unpaired) electrons. The van der Waals surface area contributed by atoms with Crippen molar-refractivity contribution in [2.24, 2.45) is 0 Å². The summed E-state index contributed by atoms with van der Waals surface area (Å²) in [4.78, 5) is 17.3. The average Bonchev–Trinajstić information content (AvgIpc) is 2.15. The van der Waals surface area contributed by atoms with Crippen LogP contribution in [0.4, 0.5) is 0 Å². The first-order chi connectivity index (χ1) is 6.52. The number of aromatic nitrogens is 1. The molecule has 76 valence electrons. The predicted molar refractivity (Wildman–Crippen MR) is 56.5 cm³/mol. The standard InChI is InChI=1S/C10H13ClN2O/c1-7(2)13(3)10(14)9-6-8(11)4-5-12-9/h4-7H,1-3H3. The van der Waals surface area contributed by atoms with Crippen LogP contribution >= 0.6 is 11.6 Å². The molecular formula is C10H13ClN2O. The van der Waals surface area contributed by atoms with Gasteiger partial charge in [-0.05, 0) is 26.0 Å². The summed E-state index contributed by atoms with van der Waals surface area (Å²) in [5.74, 6) is -0.109. The number of halogens is 1. The lowest BCUT2D eigenvalue weighted by Crippen LogP contribution is -2.33. The van der Waals surface area contributed by atoms with E-state index in [0.29, 0.717) is 10.7 Å². The largest absolute Gasteiger partial charge is 0.338 e. The second kappa shape index (κ2) is 4.42. The number of carbonyl (C=O) groups excluding carboxylic acids is 1. The third kappa shape index (κ3) is 2.45. The van der Waals surface area contributed by atoms with Gasteiger partial charge >= 0.3 is 0 Å². The van der Waals surface area contributed by atoms with Gasteiger partial charge in [0, 0.05) is 24.3 Å². The van der Waals surface area contributed by atoms with Gasteiger partial charge in [0.15, 0.2) is 0 Å². The number of hydrogen-bond acceptors (Lipinski definition) is 2. The van der Waals surface area contributed by atoms with Crippen molar-refractivity contribution in [2.45, 2.75) is 19.9 Å². The van der Waals surface area contributed by atoms with E-state index in [0.717, 1.165) is 0 Å². The number of pyridine rings is 1. The summed E-state index contributed by atoms with van der Waals surface area (Å²) in [6, 6.07) is 3.37. The molecule has 0 spiro atoms. The fourth-order valence-corrected chi connectivity index (χ4v) is 1.10. The average molecular weight is 213 g/mol. The van der Waals surface area contributed by atoms with E-state index in [9.17, 15) is 4.79 Å². The van der Waals surface area contributed by atoms with Crippen LogP contribution in [0.15, 0.2) is 18.3 Å². The second-order valence-corrected chi connectivity index (χ2v) is 3.81. The Morgan fingerprint density at radius 2 is 2.21 bits per heavy atom. The van der Waals surface area contributed by atoms with Gasteiger partial charge in [0.1, 0.15) is 5.69 Å². The summed E-state index contributed by atoms with van der Waals surface area (Å²) in [7, 11) is 1.75. The highest BCUT2D eigenvalue weighted by molar-refractivity contribution is 6.30. The van der Waals surface area contributed by atoms with Crippen molar-refractivity contribution < 1.29 is 4.79 Å². The van der Waals surface area contributed by atoms with E-state index in [4.69, 9.17) is 11.6 Å². The van der Waals surface area contributed by atoms with Crippen molar-refractivity contribution in [3.05, 3.63) is 29.0 Å². The van der Waals surface area contributed by atoms with Crippen LogP contribution in [0.25, 0.3) is 0 Å². The van der Waals surface area contributed by atoms with E-state index in [1.807, 2.05) is 13.8 Å². The molecule has 0 unspecified atom stereocenters. The minimum Gasteiger partial charge on any atom is -0.338 e. The second-order valence-electron chi connectivity index (χ2n) is 3.37. The molecule has 0 aliphatic carbocycles. The molecule has 0 saturated carbocycles. The number of nitrogens with zero attached hydrogens (tertiary/aromatic N) is 2. The summed E-state index contributed by atoms with van der Waals surface area (Å²) in [5.41, 5.74) is 0.383. The SMILES string of the molecule is CC(C)N(C)C(=O)c1cc(Cl)ccn1. The van der Waals surface area contributed by atoms with Gasteiger partial charge in [0.25, 0.3) is 5.91 Å². The first-order valence-corrected chi connectivity index (χ1v) is 4.79. The normalized spacial score (nSPS) is 10.4. The Balaban J connectivity index is 2.89. The predicted octanol–water partition coefficient (Wildman–Crippen LogP) is 2.22. The quantitative estimate of drug-likeness (QED) is 0.753. The lowest BCUT2D eigenvalue weighted by molar-refractivity contribution is 0.0749. The molecule has 0 aliphatic heterocycles. The Hall–Kier alpha value is -1.09. The van der Waals surface area contributed by atoms with Crippen LogP contribution < -0.4 is 0 Å². The molecule has 1 rings (SSSR count). The first kappa shape index (κ1) is 11.0. The van der Waals surface area contributed by atoms with E-state index >= 15 is 0 Å². The summed E-state index contributed by atoms with van der Waals surface area (Å²) < 4.78 is 0. The lowest BCUT2D eigenvalue weighted by atomic mass is 10.3. The van der Waals surface area contributed by atoms with Crippen molar-refractivity contribution in [3.8, 4) is 0 Å². The minimum absolute atomic E-state index is 0.109. The fourth-order valence-electron chi connectivity index (χ4n) is 0.937. The van der Waals surface area contributed by atoms with E-state index in [1.165, 1.54) is 6.20 Å². The number of rotatable bonds is 2. The highest BCUT2D eigenvalue weighted by atomic mass is 35.5. The zero-order valence-electron chi connectivity index (χ0n) is 8.49. The molecule has 1 aromatic rings. The summed E-state index contributed by atoms with van der Waals surface area (Å²) in [5, 5.41) is 0.528. The maximum absolute atomic E-state index is 11.7. The Bertz CT molecular complexity index is 339. The summed E-state index contributed by atoms with van der Waals surface area (Å²) in [6.45, 7) is 3.89. The van der Waals surface area contributed by atoms with Gasteiger partial charge in [-0.1, -0.05) is 11.6 Å². The van der Waals surface area contributed by atoms with Gasteiger partial charge in [0.2, 0.25) is 0 Å². The Morgan fingerprint density at radius 3 is 2.71 bits per heavy atom. The Labute approximate surface area is 88.7 Å². The van der Waals surface area contributed by atoms with Crippen LogP contribution in [0.2, 0.25) is 5.02 Å². The lowest BCUT2D eigenvalue weighted by Gasteiger charge is -2.20. The zero-order valence-corrected chi connectivity index (χ0v) is 9.25. The third-order valence-corrected chi connectivity index (χ3v) is 2.27. The van der Waals surface area contributed by atoms with Crippen LogP contribution in [0.5, 0.6) is 0 Å². The maximum atomic E-state index is 11.7. The van der Waals surface area contributed by atoms with Gasteiger partial charge in [-0.2, -0.15) is 0 Å². The van der Waals surface area contributed by atoms with Crippen LogP contribution in [0.3, 0.4) is 0 Å². The van der Waals surface area contributed by atoms with Gasteiger partial charge in [-0.25, -0.2) is 0 Å². The van der Waals surface area contributed by atoms with Crippen molar-refractivity contribution in [3.63, 3.8) is 0 Å². The minimum atomic E-state index is -0.109. The van der Waals surface area contributed by atoms with E-state index in [2.05, 4.69) is 4.98 Å². The molecule has 4 heteroatoms. The number of carbonyl (C=O) groups is 1. The van der Waals surface area contributed by atoms with Crippen LogP contribution in [0, 0.1) is 0 Å². The van der Waals surface area contributed by atoms with Gasteiger partial charge < -0.3 is 4.90 Å². The van der Waals surface area contributed by atoms with Crippen LogP contribution in [-0.2, 0) is 0 Å². The zero-order chi connectivity index (χ0) is 10.7. The Morgan fingerprint density at radius 1 is 1.57 bits per heavy atom. The first-order valence-electron chi connectivity index (χ1n) is 4.41. The molecule has 3 nitrogen and oxygen atoms in total. The molecule has 0 N–H and O–H groups in total.